The van der Waals surface area contributed by atoms with Crippen LogP contribution in [0.4, 0.5) is 22.0 Å². The fraction of sp³-hybridized carbons (Fsp3) is 0.419. The number of aryl methyl sites for hydroxylation is 2. The largest absolute Gasteiger partial charge is 0.380 e. The number of nitrogen functional groups attached to an aromatic ring is 1. The molecule has 6 rings (SSSR count). The number of amides is 1. The average molecular weight is 573 g/mol. The van der Waals surface area contributed by atoms with Crippen LogP contribution in [0.5, 0.6) is 0 Å². The number of anilines is 3. The third-order valence-electron chi connectivity index (χ3n) is 8.81. The molecule has 2 atom stereocenters. The van der Waals surface area contributed by atoms with Gasteiger partial charge in [0.1, 0.15) is 11.3 Å². The van der Waals surface area contributed by atoms with Crippen molar-refractivity contribution in [1.29, 1.82) is 0 Å². The monoisotopic (exact) mass is 572 g/mol. The second-order valence-corrected chi connectivity index (χ2v) is 11.9. The molecule has 2 aromatic carbocycles. The average Bonchev–Trinajstić information content (AvgIpc) is 3.30. The maximum absolute atomic E-state index is 17.0. The van der Waals surface area contributed by atoms with Gasteiger partial charge < -0.3 is 29.9 Å². The lowest BCUT2D eigenvalue weighted by Gasteiger charge is -2.45. The molecule has 0 saturated carbocycles. The van der Waals surface area contributed by atoms with Crippen molar-refractivity contribution in [3.63, 3.8) is 0 Å². The van der Waals surface area contributed by atoms with Crippen LogP contribution in [0.3, 0.4) is 0 Å². The van der Waals surface area contributed by atoms with E-state index in [1.54, 1.807) is 6.07 Å². The first-order chi connectivity index (χ1) is 20.0. The van der Waals surface area contributed by atoms with E-state index in [4.69, 9.17) is 20.2 Å². The predicted molar refractivity (Wildman–Crippen MR) is 164 cm³/mol. The number of hydrogen-bond acceptors (Lipinski definition) is 9. The quantitative estimate of drug-likeness (QED) is 0.353. The first-order valence-electron chi connectivity index (χ1n) is 14.3. The Morgan fingerprint density at radius 3 is 2.52 bits per heavy atom. The number of carbonyl (C=O) groups is 1. The molecule has 2 aliphatic rings. The minimum absolute atomic E-state index is 0.0576. The highest BCUT2D eigenvalue weighted by molar-refractivity contribution is 6.05. The molecule has 2 fully saturated rings. The molecule has 42 heavy (non-hydrogen) atoms. The number of hydrogen-bond donors (Lipinski definition) is 1. The van der Waals surface area contributed by atoms with Gasteiger partial charge in [-0.3, -0.25) is 4.79 Å². The first-order valence-corrected chi connectivity index (χ1v) is 14.3. The van der Waals surface area contributed by atoms with Crippen LogP contribution in [-0.2, 0) is 4.79 Å². The van der Waals surface area contributed by atoms with Crippen molar-refractivity contribution in [2.24, 2.45) is 0 Å². The van der Waals surface area contributed by atoms with Crippen molar-refractivity contribution in [3.8, 4) is 11.1 Å². The lowest BCUT2D eigenvalue weighted by Crippen LogP contribution is -2.59. The second-order valence-electron chi connectivity index (χ2n) is 11.9. The zero-order valence-electron chi connectivity index (χ0n) is 25.0. The molecular weight excluding hydrogens is 535 g/mol. The van der Waals surface area contributed by atoms with Crippen LogP contribution in [0.1, 0.15) is 25.0 Å². The van der Waals surface area contributed by atoms with Crippen molar-refractivity contribution in [3.05, 3.63) is 47.8 Å². The normalized spacial score (nSPS) is 19.7. The molecule has 0 spiro atoms. The Balaban J connectivity index is 1.55. The van der Waals surface area contributed by atoms with Crippen molar-refractivity contribution in [1.82, 2.24) is 24.9 Å². The van der Waals surface area contributed by atoms with Gasteiger partial charge in [0.05, 0.1) is 5.39 Å². The summed E-state index contributed by atoms with van der Waals surface area (Å²) in [6.45, 7) is 14.1. The van der Waals surface area contributed by atoms with Crippen LogP contribution in [0.2, 0.25) is 0 Å². The molecule has 1 amide bonds. The summed E-state index contributed by atoms with van der Waals surface area (Å²) in [5, 5.41) is 5.16. The summed E-state index contributed by atoms with van der Waals surface area (Å²) in [5.41, 5.74) is 9.62. The summed E-state index contributed by atoms with van der Waals surface area (Å²) in [6, 6.07) is 5.88. The summed E-state index contributed by atoms with van der Waals surface area (Å²) in [7, 11) is 4.10. The Labute approximate surface area is 244 Å². The summed E-state index contributed by atoms with van der Waals surface area (Å²) < 4.78 is 22.4. The highest BCUT2D eigenvalue weighted by Crippen LogP contribution is 2.42. The lowest BCUT2D eigenvalue weighted by molar-refractivity contribution is -0.128. The van der Waals surface area contributed by atoms with E-state index < -0.39 is 5.82 Å². The van der Waals surface area contributed by atoms with Gasteiger partial charge in [0.15, 0.2) is 17.2 Å². The highest BCUT2D eigenvalue weighted by Gasteiger charge is 2.36. The SMILES string of the molecule is C=CC(=O)N1C[C@H](C)N(c2nc(N3CC(N(C)C)C3)nc3c(F)c(-c4c(C)ccc5onc(N)c45)c(C)cc23)C[C@H]1C. The molecule has 0 radical (unpaired) electrons. The summed E-state index contributed by atoms with van der Waals surface area (Å²) in [6.07, 6.45) is 1.35. The summed E-state index contributed by atoms with van der Waals surface area (Å²) >= 11 is 0. The highest BCUT2D eigenvalue weighted by atomic mass is 19.1. The second kappa shape index (κ2) is 10.2. The molecule has 2 aliphatic heterocycles. The molecule has 220 valence electrons. The van der Waals surface area contributed by atoms with Crippen molar-refractivity contribution < 1.29 is 13.7 Å². The predicted octanol–water partition coefficient (Wildman–Crippen LogP) is 4.14. The zero-order chi connectivity index (χ0) is 30.0. The third kappa shape index (κ3) is 4.34. The minimum Gasteiger partial charge on any atom is -0.380 e. The molecule has 2 saturated heterocycles. The molecule has 4 aromatic rings. The molecule has 11 heteroatoms. The number of benzene rings is 2. The summed E-state index contributed by atoms with van der Waals surface area (Å²) in [5.74, 6) is 0.852. The number of nitrogens with zero attached hydrogens (tertiary/aromatic N) is 7. The molecule has 2 N–H and O–H groups in total. The van der Waals surface area contributed by atoms with Crippen LogP contribution in [0.25, 0.3) is 33.0 Å². The van der Waals surface area contributed by atoms with E-state index in [1.807, 2.05) is 37.8 Å². The number of carbonyl (C=O) groups excluding carboxylic acids is 1. The lowest BCUT2D eigenvalue weighted by atomic mass is 9.91. The first kappa shape index (κ1) is 27.9. The minimum atomic E-state index is -0.433. The van der Waals surface area contributed by atoms with E-state index in [9.17, 15) is 4.79 Å². The third-order valence-corrected chi connectivity index (χ3v) is 8.81. The van der Waals surface area contributed by atoms with Gasteiger partial charge in [-0.15, -0.1) is 0 Å². The smallest absolute Gasteiger partial charge is 0.246 e. The van der Waals surface area contributed by atoms with Gasteiger partial charge in [-0.1, -0.05) is 17.8 Å². The standard InChI is InChI=1S/C31H37FN8O2/c1-8-23(41)39-12-19(5)40(13-18(39)4)30-21-11-17(3)25(24-16(2)9-10-22-26(24)29(33)36-42-22)27(32)28(21)34-31(35-30)38-14-20(15-38)37(6)7/h8-11,18-20H,1,12-15H2,2-7H3,(H2,33,36)/t18-,19+/m1/s1. The van der Waals surface area contributed by atoms with Crippen LogP contribution in [0, 0.1) is 19.7 Å². The molecule has 2 aromatic heterocycles. The van der Waals surface area contributed by atoms with E-state index in [-0.39, 0.29) is 29.3 Å². The number of fused-ring (bicyclic) bond motifs is 2. The van der Waals surface area contributed by atoms with Gasteiger partial charge in [0.25, 0.3) is 0 Å². The van der Waals surface area contributed by atoms with Gasteiger partial charge in [0.2, 0.25) is 11.9 Å². The molecule has 4 heterocycles. The Kier molecular flexibility index (Phi) is 6.80. The van der Waals surface area contributed by atoms with Gasteiger partial charge in [-0.25, -0.2) is 9.37 Å². The number of aromatic nitrogens is 3. The van der Waals surface area contributed by atoms with E-state index >= 15 is 4.39 Å². The van der Waals surface area contributed by atoms with Crippen LogP contribution >= 0.6 is 0 Å². The topological polar surface area (TPSA) is 108 Å². The number of likely N-dealkylation sites (N-methyl/N-ethyl adjacent to an activating group) is 1. The molecular formula is C31H37FN8O2. The molecule has 0 aliphatic carbocycles. The van der Waals surface area contributed by atoms with Crippen molar-refractivity contribution >= 4 is 45.4 Å². The number of nitrogens with two attached hydrogens (primary N) is 1. The maximum Gasteiger partial charge on any atom is 0.246 e. The Bertz CT molecular complexity index is 1730. The van der Waals surface area contributed by atoms with E-state index in [1.165, 1.54) is 6.08 Å². The summed E-state index contributed by atoms with van der Waals surface area (Å²) in [4.78, 5) is 30.7. The number of piperazine rings is 1. The fourth-order valence-electron chi connectivity index (χ4n) is 6.27. The molecule has 10 nitrogen and oxygen atoms in total. The van der Waals surface area contributed by atoms with Crippen LogP contribution in [-0.4, -0.2) is 89.2 Å². The van der Waals surface area contributed by atoms with Gasteiger partial charge in [0, 0.05) is 60.8 Å². The Morgan fingerprint density at radius 2 is 1.83 bits per heavy atom. The Morgan fingerprint density at radius 1 is 1.10 bits per heavy atom. The van der Waals surface area contributed by atoms with E-state index in [0.717, 1.165) is 24.2 Å². The van der Waals surface area contributed by atoms with Gasteiger partial charge >= 0.3 is 0 Å². The van der Waals surface area contributed by atoms with Gasteiger partial charge in [-0.05, 0) is 71.1 Å². The van der Waals surface area contributed by atoms with Crippen LogP contribution in [0.15, 0.2) is 35.4 Å². The molecule has 0 bridgehead atoms. The fourth-order valence-corrected chi connectivity index (χ4v) is 6.27. The van der Waals surface area contributed by atoms with Crippen LogP contribution < -0.4 is 15.5 Å². The maximum atomic E-state index is 17.0. The zero-order valence-corrected chi connectivity index (χ0v) is 25.0. The van der Waals surface area contributed by atoms with Crippen molar-refractivity contribution in [2.45, 2.75) is 45.8 Å². The Hall–Kier alpha value is -4.25. The number of halogens is 1. The van der Waals surface area contributed by atoms with E-state index in [2.05, 4.69) is 47.5 Å². The van der Waals surface area contributed by atoms with Crippen molar-refractivity contribution in [2.75, 3.05) is 55.8 Å². The molecule has 0 unspecified atom stereocenters. The van der Waals surface area contributed by atoms with Gasteiger partial charge in [-0.2, -0.15) is 4.98 Å². The number of rotatable bonds is 5. The van der Waals surface area contributed by atoms with E-state index in [0.29, 0.717) is 58.4 Å².